The predicted octanol–water partition coefficient (Wildman–Crippen LogP) is 2.44. The summed E-state index contributed by atoms with van der Waals surface area (Å²) in [5.41, 5.74) is 1.34. The third-order valence-electron chi connectivity index (χ3n) is 1.15. The number of hydrogen-bond acceptors (Lipinski definition) is 2. The van der Waals surface area contributed by atoms with Crippen LogP contribution >= 0.6 is 11.9 Å². The minimum atomic E-state index is 1.16. The zero-order valence-corrected chi connectivity index (χ0v) is 6.37. The van der Waals surface area contributed by atoms with E-state index >= 15 is 0 Å². The van der Waals surface area contributed by atoms with E-state index in [0.717, 1.165) is 6.42 Å². The van der Waals surface area contributed by atoms with Crippen LogP contribution in [0.1, 0.15) is 19.8 Å². The molecule has 0 aromatic carbocycles. The van der Waals surface area contributed by atoms with E-state index in [1.807, 2.05) is 5.41 Å². The van der Waals surface area contributed by atoms with Crippen LogP contribution in [0.4, 0.5) is 0 Å². The van der Waals surface area contributed by atoms with Gasteiger partial charge in [0.25, 0.3) is 0 Å². The van der Waals surface area contributed by atoms with Crippen LogP contribution in [0.2, 0.25) is 0 Å². The van der Waals surface area contributed by atoms with E-state index < -0.39 is 0 Å². The highest BCUT2D eigenvalue weighted by Crippen LogP contribution is 2.11. The summed E-state index contributed by atoms with van der Waals surface area (Å²) < 4.78 is 3.21. The Morgan fingerprint density at radius 2 is 2.56 bits per heavy atom. The molecule has 0 amide bonds. The lowest BCUT2D eigenvalue weighted by Crippen LogP contribution is -2.03. The van der Waals surface area contributed by atoms with Gasteiger partial charge in [-0.05, 0) is 29.9 Å². The topological polar surface area (TPSA) is 12.0 Å². The zero-order valence-electron chi connectivity index (χ0n) is 5.55. The second-order valence-corrected chi connectivity index (χ2v) is 2.70. The molecule has 0 saturated carbocycles. The van der Waals surface area contributed by atoms with Gasteiger partial charge in [-0.25, -0.2) is 0 Å². The van der Waals surface area contributed by atoms with E-state index in [2.05, 4.69) is 23.8 Å². The van der Waals surface area contributed by atoms with Gasteiger partial charge >= 0.3 is 0 Å². The number of rotatable bonds is 2. The van der Waals surface area contributed by atoms with E-state index in [4.69, 9.17) is 0 Å². The van der Waals surface area contributed by atoms with Gasteiger partial charge in [0.15, 0.2) is 0 Å². The largest absolute Gasteiger partial charge is 0.330 e. The number of allylic oxidation sites excluding steroid dienone is 3. The zero-order chi connectivity index (χ0) is 6.53. The van der Waals surface area contributed by atoms with E-state index in [0.29, 0.717) is 0 Å². The van der Waals surface area contributed by atoms with Crippen molar-refractivity contribution >= 4 is 11.9 Å². The minimum Gasteiger partial charge on any atom is -0.330 e. The highest BCUT2D eigenvalue weighted by atomic mass is 32.2. The maximum absolute atomic E-state index is 3.21. The van der Waals surface area contributed by atoms with Crippen LogP contribution in [-0.4, -0.2) is 0 Å². The molecule has 0 aromatic rings. The molecule has 1 aliphatic rings. The molecule has 0 aliphatic carbocycles. The number of hydrogen-bond donors (Lipinski definition) is 1. The maximum atomic E-state index is 3.21. The summed E-state index contributed by atoms with van der Waals surface area (Å²) >= 11 is 1.64. The third kappa shape index (κ3) is 2.14. The Kier molecular flexibility index (Phi) is 2.71. The Morgan fingerprint density at radius 1 is 1.67 bits per heavy atom. The molecule has 1 nitrogen and oxygen atoms in total. The maximum Gasteiger partial charge on any atom is 0.0214 e. The van der Waals surface area contributed by atoms with E-state index in [1.165, 1.54) is 12.1 Å². The van der Waals surface area contributed by atoms with Crippen molar-refractivity contribution in [2.75, 3.05) is 0 Å². The van der Waals surface area contributed by atoms with Crippen molar-refractivity contribution in [3.05, 3.63) is 23.3 Å². The molecule has 0 spiro atoms. The summed E-state index contributed by atoms with van der Waals surface area (Å²) in [6.07, 6.45) is 6.58. The highest BCUT2D eigenvalue weighted by Gasteiger charge is 1.94. The van der Waals surface area contributed by atoms with Crippen molar-refractivity contribution in [1.82, 2.24) is 4.72 Å². The molecular formula is C7H11NS. The van der Waals surface area contributed by atoms with Gasteiger partial charge in [-0.3, -0.25) is 0 Å². The summed E-state index contributed by atoms with van der Waals surface area (Å²) in [5.74, 6) is 0. The molecule has 9 heavy (non-hydrogen) atoms. The summed E-state index contributed by atoms with van der Waals surface area (Å²) in [7, 11) is 0. The van der Waals surface area contributed by atoms with Crippen molar-refractivity contribution in [2.45, 2.75) is 19.8 Å². The van der Waals surface area contributed by atoms with Crippen molar-refractivity contribution in [3.8, 4) is 0 Å². The molecule has 1 rings (SSSR count). The lowest BCUT2D eigenvalue weighted by molar-refractivity contribution is 0.872. The second kappa shape index (κ2) is 3.62. The van der Waals surface area contributed by atoms with Gasteiger partial charge < -0.3 is 4.72 Å². The molecule has 0 saturated heterocycles. The van der Waals surface area contributed by atoms with Crippen molar-refractivity contribution in [3.63, 3.8) is 0 Å². The Hall–Kier alpha value is -0.370. The van der Waals surface area contributed by atoms with Gasteiger partial charge in [0, 0.05) is 5.70 Å². The Bertz CT molecular complexity index is 138. The Morgan fingerprint density at radius 3 is 3.11 bits per heavy atom. The van der Waals surface area contributed by atoms with Gasteiger partial charge in [0.1, 0.15) is 0 Å². The van der Waals surface area contributed by atoms with Gasteiger partial charge in [-0.1, -0.05) is 19.4 Å². The van der Waals surface area contributed by atoms with Crippen molar-refractivity contribution in [1.29, 1.82) is 0 Å². The molecule has 0 aromatic heterocycles. The molecule has 1 N–H and O–H groups in total. The van der Waals surface area contributed by atoms with Gasteiger partial charge in [-0.2, -0.15) is 0 Å². The van der Waals surface area contributed by atoms with Crippen LogP contribution in [0.15, 0.2) is 23.3 Å². The predicted molar refractivity (Wildman–Crippen MR) is 42.9 cm³/mol. The normalized spacial score (nSPS) is 16.8. The standard InChI is InChI=1S/C7H11NS/c1-2-4-7-5-3-6-9-8-7/h3,5-6,8H,2,4H2,1H3. The average molecular weight is 141 g/mol. The smallest absolute Gasteiger partial charge is 0.0214 e. The molecule has 50 valence electrons. The van der Waals surface area contributed by atoms with Crippen LogP contribution in [0.25, 0.3) is 0 Å². The molecule has 1 aliphatic heterocycles. The summed E-state index contributed by atoms with van der Waals surface area (Å²) in [6.45, 7) is 2.19. The molecule has 0 fully saturated rings. The quantitative estimate of drug-likeness (QED) is 0.593. The van der Waals surface area contributed by atoms with E-state index in [-0.39, 0.29) is 0 Å². The van der Waals surface area contributed by atoms with Crippen LogP contribution in [0.5, 0.6) is 0 Å². The van der Waals surface area contributed by atoms with Gasteiger partial charge in [0.2, 0.25) is 0 Å². The fourth-order valence-corrected chi connectivity index (χ4v) is 1.29. The number of nitrogens with one attached hydrogen (secondary N) is 1. The highest BCUT2D eigenvalue weighted by molar-refractivity contribution is 8.00. The Balaban J connectivity index is 2.38. The van der Waals surface area contributed by atoms with Gasteiger partial charge in [0.05, 0.1) is 0 Å². The van der Waals surface area contributed by atoms with E-state index in [1.54, 1.807) is 11.9 Å². The molecule has 0 bridgehead atoms. The minimum absolute atomic E-state index is 1.16. The summed E-state index contributed by atoms with van der Waals surface area (Å²) in [5, 5.41) is 2.04. The first-order valence-electron chi connectivity index (χ1n) is 3.21. The monoisotopic (exact) mass is 141 g/mol. The van der Waals surface area contributed by atoms with E-state index in [9.17, 15) is 0 Å². The molecule has 2 heteroatoms. The average Bonchev–Trinajstić information content (AvgIpc) is 1.91. The first-order chi connectivity index (χ1) is 4.43. The second-order valence-electron chi connectivity index (χ2n) is 1.99. The third-order valence-corrected chi connectivity index (χ3v) is 1.83. The fraction of sp³-hybridized carbons (Fsp3) is 0.429. The molecule has 0 radical (unpaired) electrons. The van der Waals surface area contributed by atoms with Crippen LogP contribution in [-0.2, 0) is 0 Å². The van der Waals surface area contributed by atoms with Crippen LogP contribution in [0, 0.1) is 0 Å². The fourth-order valence-electron chi connectivity index (χ4n) is 0.742. The van der Waals surface area contributed by atoms with Crippen LogP contribution in [0.3, 0.4) is 0 Å². The van der Waals surface area contributed by atoms with Crippen molar-refractivity contribution in [2.24, 2.45) is 0 Å². The molecular weight excluding hydrogens is 130 g/mol. The first kappa shape index (κ1) is 6.75. The SMILES string of the molecule is CCCC1=CC=CSN1. The molecule has 0 atom stereocenters. The van der Waals surface area contributed by atoms with Crippen molar-refractivity contribution < 1.29 is 0 Å². The lowest BCUT2D eigenvalue weighted by Gasteiger charge is -2.08. The summed E-state index contributed by atoms with van der Waals surface area (Å²) in [4.78, 5) is 0. The first-order valence-corrected chi connectivity index (χ1v) is 4.09. The van der Waals surface area contributed by atoms with Crippen LogP contribution < -0.4 is 4.72 Å². The molecule has 0 unspecified atom stereocenters. The molecule has 1 heterocycles. The van der Waals surface area contributed by atoms with Gasteiger partial charge in [-0.15, -0.1) is 0 Å². The Labute approximate surface area is 60.4 Å². The summed E-state index contributed by atoms with van der Waals surface area (Å²) in [6, 6.07) is 0. The lowest BCUT2D eigenvalue weighted by atomic mass is 10.2.